The van der Waals surface area contributed by atoms with Gasteiger partial charge in [-0.25, -0.2) is 4.39 Å². The number of aromatic nitrogens is 1. The predicted octanol–water partition coefficient (Wildman–Crippen LogP) is 1.45. The molecule has 0 aliphatic rings. The summed E-state index contributed by atoms with van der Waals surface area (Å²) in [5.74, 6) is -1.92. The van der Waals surface area contributed by atoms with Crippen molar-refractivity contribution in [2.24, 2.45) is 0 Å². The third-order valence-electron chi connectivity index (χ3n) is 3.63. The van der Waals surface area contributed by atoms with Gasteiger partial charge in [-0.1, -0.05) is 0 Å². The van der Waals surface area contributed by atoms with E-state index in [1.165, 1.54) is 26.3 Å². The molecular weight excluding hydrogens is 327 g/mol. The molecule has 1 amide bonds. The molecule has 1 heterocycles. The second-order valence-corrected chi connectivity index (χ2v) is 5.08. The van der Waals surface area contributed by atoms with E-state index in [0.29, 0.717) is 22.2 Å². The Hall–Kier alpha value is -2.26. The summed E-state index contributed by atoms with van der Waals surface area (Å²) in [6.45, 7) is -0.0563. The Morgan fingerprint density at radius 3 is 2.71 bits per heavy atom. The summed E-state index contributed by atoms with van der Waals surface area (Å²) in [6, 6.07) is 2.68. The number of carbonyl (C=O) groups excluding carboxylic acids is 1. The zero-order chi connectivity index (χ0) is 17.9. The molecule has 9 heteroatoms. The predicted molar refractivity (Wildman–Crippen MR) is 81.5 cm³/mol. The lowest BCUT2D eigenvalue weighted by Gasteiger charge is -2.11. The highest BCUT2D eigenvalue weighted by Crippen LogP contribution is 2.31. The Bertz CT molecular complexity index is 734. The van der Waals surface area contributed by atoms with Crippen molar-refractivity contribution in [3.05, 3.63) is 29.2 Å². The Balaban J connectivity index is 2.38. The first-order chi connectivity index (χ1) is 11.4. The van der Waals surface area contributed by atoms with Crippen molar-refractivity contribution in [3.8, 4) is 5.75 Å². The molecule has 0 fully saturated rings. The molecule has 1 unspecified atom stereocenters. The molecule has 0 saturated heterocycles. The van der Waals surface area contributed by atoms with Crippen molar-refractivity contribution in [2.75, 3.05) is 20.7 Å². The number of methoxy groups -OCH3 is 1. The topological polar surface area (TPSA) is 86.4 Å². The lowest BCUT2D eigenvalue weighted by Crippen LogP contribution is -2.31. The molecule has 1 atom stereocenters. The van der Waals surface area contributed by atoms with Crippen LogP contribution >= 0.6 is 0 Å². The van der Waals surface area contributed by atoms with Crippen molar-refractivity contribution in [1.29, 1.82) is 0 Å². The third kappa shape index (κ3) is 3.62. The summed E-state index contributed by atoms with van der Waals surface area (Å²) >= 11 is 0. The van der Waals surface area contributed by atoms with Gasteiger partial charge in [-0.2, -0.15) is 8.78 Å². The van der Waals surface area contributed by atoms with Gasteiger partial charge in [0.25, 0.3) is 5.91 Å². The van der Waals surface area contributed by atoms with E-state index in [4.69, 9.17) is 4.74 Å². The lowest BCUT2D eigenvalue weighted by molar-refractivity contribution is -0.131. The molecule has 0 radical (unpaired) electrons. The van der Waals surface area contributed by atoms with E-state index in [0.717, 1.165) is 0 Å². The first-order valence-electron chi connectivity index (χ1n) is 7.18. The van der Waals surface area contributed by atoms with Gasteiger partial charge in [0.2, 0.25) is 0 Å². The maximum Gasteiger partial charge on any atom is 0.315 e. The number of aromatic amines is 1. The van der Waals surface area contributed by atoms with Crippen LogP contribution in [0.25, 0.3) is 10.9 Å². The van der Waals surface area contributed by atoms with Crippen molar-refractivity contribution < 1.29 is 27.8 Å². The molecule has 132 valence electrons. The molecule has 0 aliphatic heterocycles. The molecule has 1 aromatic heterocycles. The number of carbonyl (C=O) groups is 1. The monoisotopic (exact) mass is 345 g/mol. The van der Waals surface area contributed by atoms with E-state index < -0.39 is 24.4 Å². The van der Waals surface area contributed by atoms with E-state index in [-0.39, 0.29) is 18.7 Å². The van der Waals surface area contributed by atoms with Crippen LogP contribution in [0.5, 0.6) is 5.75 Å². The van der Waals surface area contributed by atoms with E-state index in [1.54, 1.807) is 0 Å². The van der Waals surface area contributed by atoms with Gasteiger partial charge in [-0.3, -0.25) is 10.1 Å². The molecule has 0 aliphatic carbocycles. The van der Waals surface area contributed by atoms with Crippen molar-refractivity contribution in [3.63, 3.8) is 0 Å². The minimum absolute atomic E-state index is 0.0184. The first kappa shape index (κ1) is 18.1. The molecule has 1 aromatic carbocycles. The third-order valence-corrected chi connectivity index (χ3v) is 3.63. The van der Waals surface area contributed by atoms with Crippen LogP contribution in [0, 0.1) is 5.82 Å². The zero-order valence-electron chi connectivity index (χ0n) is 13.1. The van der Waals surface area contributed by atoms with E-state index in [1.807, 2.05) is 0 Å². The van der Waals surface area contributed by atoms with Gasteiger partial charge in [0.1, 0.15) is 6.23 Å². The number of aliphatic hydroxyl groups excluding tert-OH is 1. The lowest BCUT2D eigenvalue weighted by atomic mass is 10.1. The fraction of sp³-hybridized carbons (Fsp3) is 0.400. The Kier molecular flexibility index (Phi) is 5.68. The van der Waals surface area contributed by atoms with Crippen molar-refractivity contribution in [2.45, 2.75) is 19.1 Å². The highest BCUT2D eigenvalue weighted by atomic mass is 19.3. The van der Waals surface area contributed by atoms with Gasteiger partial charge in [0.15, 0.2) is 11.6 Å². The van der Waals surface area contributed by atoms with Crippen LogP contribution in [0.4, 0.5) is 13.2 Å². The second kappa shape index (κ2) is 7.54. The number of aliphatic hydroxyl groups is 1. The van der Waals surface area contributed by atoms with Gasteiger partial charge in [0.05, 0.1) is 12.8 Å². The van der Waals surface area contributed by atoms with Crippen LogP contribution in [-0.4, -0.2) is 43.1 Å². The molecule has 0 saturated carbocycles. The number of amides is 1. The number of nitrogens with one attached hydrogen (secondary N) is 3. The minimum Gasteiger partial charge on any atom is -0.494 e. The Morgan fingerprint density at radius 1 is 1.42 bits per heavy atom. The maximum absolute atomic E-state index is 13.8. The Morgan fingerprint density at radius 2 is 2.12 bits per heavy atom. The number of benzene rings is 1. The summed E-state index contributed by atoms with van der Waals surface area (Å²) in [7, 11) is 2.85. The van der Waals surface area contributed by atoms with Crippen LogP contribution in [0.2, 0.25) is 0 Å². The summed E-state index contributed by atoms with van der Waals surface area (Å²) in [6.07, 6.45) is -3.99. The number of rotatable bonds is 7. The fourth-order valence-corrected chi connectivity index (χ4v) is 2.46. The van der Waals surface area contributed by atoms with Crippen LogP contribution in [-0.2, 0) is 11.2 Å². The van der Waals surface area contributed by atoms with Gasteiger partial charge in [-0.15, -0.1) is 0 Å². The smallest absolute Gasteiger partial charge is 0.315 e. The summed E-state index contributed by atoms with van der Waals surface area (Å²) in [4.78, 5) is 13.9. The Labute approximate surface area is 136 Å². The number of halogens is 3. The largest absolute Gasteiger partial charge is 0.494 e. The molecule has 4 N–H and O–H groups in total. The average Bonchev–Trinajstić information content (AvgIpc) is 2.90. The number of fused-ring (bicyclic) bond motifs is 1. The summed E-state index contributed by atoms with van der Waals surface area (Å²) in [5, 5.41) is 15.3. The average molecular weight is 345 g/mol. The molecule has 0 spiro atoms. The van der Waals surface area contributed by atoms with E-state index in [2.05, 4.69) is 15.6 Å². The standard InChI is InChI=1S/C15H18F3N3O3/c1-19-14(22)12-7(3-4-20-15(23)13(17)18)8-5-11(24-2)9(16)6-10(8)21-12/h5-6,13-14,19,21-22H,3-4H2,1-2H3,(H,20,23). The van der Waals surface area contributed by atoms with E-state index >= 15 is 0 Å². The molecule has 2 rings (SSSR count). The molecule has 6 nitrogen and oxygen atoms in total. The summed E-state index contributed by atoms with van der Waals surface area (Å²) < 4.78 is 43.2. The number of alkyl halides is 2. The van der Waals surface area contributed by atoms with Crippen LogP contribution < -0.4 is 15.4 Å². The molecular formula is C15H18F3N3O3. The number of H-pyrrole nitrogens is 1. The first-order valence-corrected chi connectivity index (χ1v) is 7.18. The van der Waals surface area contributed by atoms with Crippen molar-refractivity contribution >= 4 is 16.8 Å². The molecule has 24 heavy (non-hydrogen) atoms. The van der Waals surface area contributed by atoms with E-state index in [9.17, 15) is 23.1 Å². The molecule has 0 bridgehead atoms. The van der Waals surface area contributed by atoms with Gasteiger partial charge >= 0.3 is 6.43 Å². The normalized spacial score (nSPS) is 12.6. The number of hydrogen-bond acceptors (Lipinski definition) is 4. The van der Waals surface area contributed by atoms with Crippen LogP contribution in [0.15, 0.2) is 12.1 Å². The van der Waals surface area contributed by atoms with Gasteiger partial charge < -0.3 is 20.1 Å². The van der Waals surface area contributed by atoms with Gasteiger partial charge in [0, 0.05) is 23.5 Å². The number of ether oxygens (including phenoxy) is 1. The van der Waals surface area contributed by atoms with Crippen LogP contribution in [0.3, 0.4) is 0 Å². The quantitative estimate of drug-likeness (QED) is 0.572. The zero-order valence-corrected chi connectivity index (χ0v) is 13.1. The fourth-order valence-electron chi connectivity index (χ4n) is 2.46. The number of hydrogen-bond donors (Lipinski definition) is 4. The minimum atomic E-state index is -3.09. The molecule has 2 aromatic rings. The second-order valence-electron chi connectivity index (χ2n) is 5.08. The highest BCUT2D eigenvalue weighted by molar-refractivity contribution is 5.86. The van der Waals surface area contributed by atoms with Crippen LogP contribution in [0.1, 0.15) is 17.5 Å². The maximum atomic E-state index is 13.8. The highest BCUT2D eigenvalue weighted by Gasteiger charge is 2.20. The SMILES string of the molecule is CNC(O)c1[nH]c2cc(F)c(OC)cc2c1CCNC(=O)C(F)F. The van der Waals surface area contributed by atoms with Crippen molar-refractivity contribution in [1.82, 2.24) is 15.6 Å². The summed E-state index contributed by atoms with van der Waals surface area (Å²) in [5.41, 5.74) is 1.36. The van der Waals surface area contributed by atoms with Gasteiger partial charge in [-0.05, 0) is 25.1 Å².